The number of benzene rings is 2. The van der Waals surface area contributed by atoms with Crippen LogP contribution in [0, 0.1) is 18.8 Å². The summed E-state index contributed by atoms with van der Waals surface area (Å²) in [5.74, 6) is 5.38. The van der Waals surface area contributed by atoms with Gasteiger partial charge in [0, 0.05) is 74.2 Å². The molecule has 1 atom stereocenters. The van der Waals surface area contributed by atoms with E-state index in [0.29, 0.717) is 54.3 Å². The Labute approximate surface area is 328 Å². The maximum Gasteiger partial charge on any atom is 0.328 e. The predicted molar refractivity (Wildman–Crippen MR) is 214 cm³/mol. The first-order valence-corrected chi connectivity index (χ1v) is 19.1. The molecular weight excluding hydrogens is 725 g/mol. The summed E-state index contributed by atoms with van der Waals surface area (Å²) in [5.41, 5.74) is 8.34. The molecule has 57 heavy (non-hydrogen) atoms. The molecule has 0 spiro atoms. The van der Waals surface area contributed by atoms with Gasteiger partial charge in [0.15, 0.2) is 5.82 Å². The molecule has 14 nitrogen and oxygen atoms in total. The maximum atomic E-state index is 13.1. The van der Waals surface area contributed by atoms with Crippen molar-refractivity contribution in [2.24, 2.45) is 14.1 Å². The Hall–Kier alpha value is -6.59. The average Bonchev–Trinajstić information content (AvgIpc) is 3.73. The van der Waals surface area contributed by atoms with E-state index in [1.54, 1.807) is 40.1 Å². The van der Waals surface area contributed by atoms with E-state index < -0.39 is 5.92 Å². The fraction of sp³-hybridized carbons (Fsp3) is 0.326. The normalized spacial score (nSPS) is 16.0. The molecule has 290 valence electrons. The number of hydrogen-bond acceptors (Lipinski definition) is 10. The second kappa shape index (κ2) is 15.5. The van der Waals surface area contributed by atoms with Gasteiger partial charge in [-0.2, -0.15) is 0 Å². The molecule has 2 saturated heterocycles. The number of carbonyl (C=O) groups excluding carboxylic acids is 3. The van der Waals surface area contributed by atoms with Gasteiger partial charge in [0.1, 0.15) is 11.3 Å². The number of ether oxygens (including phenoxy) is 1. The molecule has 2 N–H and O–H groups in total. The van der Waals surface area contributed by atoms with Gasteiger partial charge in [-0.15, -0.1) is 0 Å². The van der Waals surface area contributed by atoms with Crippen LogP contribution >= 0.6 is 0 Å². The van der Waals surface area contributed by atoms with E-state index in [2.05, 4.69) is 61.4 Å². The molecule has 3 amide bonds. The number of aromatic nitrogens is 5. The molecule has 2 aromatic carbocycles. The molecule has 0 saturated carbocycles. The van der Waals surface area contributed by atoms with Crippen LogP contribution in [0.3, 0.4) is 0 Å². The monoisotopic (exact) mass is 766 g/mol. The number of nitrogens with zero attached hydrogens (tertiary/aromatic N) is 6. The third kappa shape index (κ3) is 7.18. The van der Waals surface area contributed by atoms with Gasteiger partial charge < -0.3 is 19.4 Å². The highest BCUT2D eigenvalue weighted by atomic mass is 16.5. The van der Waals surface area contributed by atoms with Crippen molar-refractivity contribution in [3.05, 3.63) is 99.7 Å². The molecule has 2 aliphatic heterocycles. The number of amides is 3. The average molecular weight is 767 g/mol. The molecule has 1 unspecified atom stereocenters. The lowest BCUT2D eigenvalue weighted by molar-refractivity contribution is -0.134. The van der Waals surface area contributed by atoms with E-state index in [9.17, 15) is 19.2 Å². The van der Waals surface area contributed by atoms with E-state index in [4.69, 9.17) is 9.15 Å². The Balaban J connectivity index is 0.950. The van der Waals surface area contributed by atoms with Crippen LogP contribution in [-0.4, -0.2) is 68.1 Å². The molecule has 6 heterocycles. The standard InChI is InChI=1S/C43H42N8O6/c1-5-51(29-19-32(27-12-15-56-16-13-27)39-35(20-29)49(3)43(55)50(39)4)30-22-46-40(47-23-30)28-17-25(2)38(45-21-28)42(54)44-14-6-7-26-8-10-36-33(18-26)34(24-57-36)31-9-11-37(52)48-41(31)53/h8,10,17-24,27,31H,5,9,11-16H2,1-4H3,(H,44,54)(H,48,52,53). The minimum atomic E-state index is -0.470. The van der Waals surface area contributed by atoms with Gasteiger partial charge in [0.2, 0.25) is 11.8 Å². The van der Waals surface area contributed by atoms with E-state index in [0.717, 1.165) is 51.8 Å². The van der Waals surface area contributed by atoms with Gasteiger partial charge in [-0.05, 0) is 86.6 Å². The fourth-order valence-electron chi connectivity index (χ4n) is 7.95. The second-order valence-electron chi connectivity index (χ2n) is 14.5. The lowest BCUT2D eigenvalue weighted by Gasteiger charge is -2.27. The van der Waals surface area contributed by atoms with Gasteiger partial charge in [-0.3, -0.25) is 33.8 Å². The molecule has 0 radical (unpaired) electrons. The van der Waals surface area contributed by atoms with Crippen LogP contribution in [0.5, 0.6) is 0 Å². The number of anilines is 2. The molecule has 4 aromatic heterocycles. The zero-order valence-corrected chi connectivity index (χ0v) is 32.2. The highest BCUT2D eigenvalue weighted by Crippen LogP contribution is 2.37. The lowest BCUT2D eigenvalue weighted by atomic mass is 9.90. The van der Waals surface area contributed by atoms with Crippen LogP contribution in [0.25, 0.3) is 33.4 Å². The van der Waals surface area contributed by atoms with E-state index in [-0.39, 0.29) is 48.0 Å². The number of hydrogen-bond donors (Lipinski definition) is 2. The Bertz CT molecular complexity index is 2680. The number of furan rings is 1. The van der Waals surface area contributed by atoms with Crippen molar-refractivity contribution in [3.63, 3.8) is 0 Å². The summed E-state index contributed by atoms with van der Waals surface area (Å²) in [6, 6.07) is 11.5. The number of aryl methyl sites for hydroxylation is 3. The fourth-order valence-corrected chi connectivity index (χ4v) is 7.95. The van der Waals surface area contributed by atoms with Crippen molar-refractivity contribution in [1.82, 2.24) is 34.7 Å². The summed E-state index contributed by atoms with van der Waals surface area (Å²) in [7, 11) is 3.64. The number of pyridine rings is 1. The van der Waals surface area contributed by atoms with E-state index >= 15 is 0 Å². The van der Waals surface area contributed by atoms with Crippen LogP contribution in [0.1, 0.15) is 77.2 Å². The molecule has 8 rings (SSSR count). The largest absolute Gasteiger partial charge is 0.464 e. The first kappa shape index (κ1) is 37.3. The Morgan fingerprint density at radius 3 is 2.49 bits per heavy atom. The third-order valence-corrected chi connectivity index (χ3v) is 11.0. The zero-order chi connectivity index (χ0) is 39.8. The SMILES string of the molecule is CCN(c1cnc(-c2cnc(C(=O)NCC#Cc3ccc4occ(C5CCC(=O)NC5=O)c4c3)c(C)c2)nc1)c1cc(C2CCOCC2)c2c(c1)n(C)c(=O)n2C. The highest BCUT2D eigenvalue weighted by Gasteiger charge is 2.30. The number of imidazole rings is 1. The summed E-state index contributed by atoms with van der Waals surface area (Å²) in [6.45, 7) is 6.02. The molecule has 0 aliphatic carbocycles. The minimum absolute atomic E-state index is 0.0586. The van der Waals surface area contributed by atoms with Crippen LogP contribution in [-0.2, 0) is 28.4 Å². The van der Waals surface area contributed by atoms with Crippen LogP contribution in [0.2, 0.25) is 0 Å². The highest BCUT2D eigenvalue weighted by molar-refractivity contribution is 6.03. The van der Waals surface area contributed by atoms with Crippen molar-refractivity contribution in [2.45, 2.75) is 51.4 Å². The van der Waals surface area contributed by atoms with Crippen molar-refractivity contribution >= 4 is 51.1 Å². The second-order valence-corrected chi connectivity index (χ2v) is 14.5. The number of rotatable bonds is 8. The van der Waals surface area contributed by atoms with E-state index in [1.807, 2.05) is 39.2 Å². The number of carbonyl (C=O) groups is 3. The van der Waals surface area contributed by atoms with Crippen molar-refractivity contribution in [2.75, 3.05) is 31.2 Å². The summed E-state index contributed by atoms with van der Waals surface area (Å²) in [4.78, 5) is 66.1. The molecule has 2 fully saturated rings. The number of fused-ring (bicyclic) bond motifs is 2. The quantitative estimate of drug-likeness (QED) is 0.157. The van der Waals surface area contributed by atoms with Crippen molar-refractivity contribution < 1.29 is 23.5 Å². The zero-order valence-electron chi connectivity index (χ0n) is 32.2. The summed E-state index contributed by atoms with van der Waals surface area (Å²) in [5, 5.41) is 5.98. The van der Waals surface area contributed by atoms with Gasteiger partial charge in [0.05, 0.1) is 47.8 Å². The molecule has 14 heteroatoms. The molecular formula is C43H42N8O6. The van der Waals surface area contributed by atoms with Crippen LogP contribution in [0.15, 0.2) is 70.5 Å². The van der Waals surface area contributed by atoms with Crippen LogP contribution < -0.4 is 21.2 Å². The van der Waals surface area contributed by atoms with Crippen molar-refractivity contribution in [1.29, 1.82) is 0 Å². The van der Waals surface area contributed by atoms with Crippen LogP contribution in [0.4, 0.5) is 11.4 Å². The predicted octanol–water partition coefficient (Wildman–Crippen LogP) is 5.14. The Morgan fingerprint density at radius 1 is 0.965 bits per heavy atom. The van der Waals surface area contributed by atoms with Crippen molar-refractivity contribution in [3.8, 4) is 23.2 Å². The third-order valence-electron chi connectivity index (χ3n) is 11.0. The smallest absolute Gasteiger partial charge is 0.328 e. The first-order valence-electron chi connectivity index (χ1n) is 19.1. The van der Waals surface area contributed by atoms with Gasteiger partial charge in [0.25, 0.3) is 5.91 Å². The molecule has 0 bridgehead atoms. The van der Waals surface area contributed by atoms with Gasteiger partial charge in [-0.1, -0.05) is 11.8 Å². The lowest BCUT2D eigenvalue weighted by Crippen LogP contribution is -2.39. The summed E-state index contributed by atoms with van der Waals surface area (Å²) >= 11 is 0. The molecule has 2 aliphatic rings. The Morgan fingerprint density at radius 2 is 1.75 bits per heavy atom. The topological polar surface area (TPSA) is 166 Å². The minimum Gasteiger partial charge on any atom is -0.464 e. The van der Waals surface area contributed by atoms with Gasteiger partial charge >= 0.3 is 5.69 Å². The number of imide groups is 1. The summed E-state index contributed by atoms with van der Waals surface area (Å²) in [6.07, 6.45) is 9.20. The van der Waals surface area contributed by atoms with Gasteiger partial charge in [-0.25, -0.2) is 14.8 Å². The Kier molecular flexibility index (Phi) is 10.2. The summed E-state index contributed by atoms with van der Waals surface area (Å²) < 4.78 is 14.8. The maximum absolute atomic E-state index is 13.1. The molecule has 6 aromatic rings. The number of piperidine rings is 1. The number of nitrogens with one attached hydrogen (secondary N) is 2. The first-order chi connectivity index (χ1) is 27.6. The van der Waals surface area contributed by atoms with E-state index in [1.165, 1.54) is 0 Å².